The zero-order valence-corrected chi connectivity index (χ0v) is 13.1. The number of rotatable bonds is 1. The molecule has 0 aromatic heterocycles. The van der Waals surface area contributed by atoms with E-state index in [0.717, 1.165) is 10.8 Å². The Kier molecular flexibility index (Phi) is 3.45. The van der Waals surface area contributed by atoms with Gasteiger partial charge >= 0.3 is 0 Å². The van der Waals surface area contributed by atoms with Crippen molar-refractivity contribution in [3.8, 4) is 0 Å². The van der Waals surface area contributed by atoms with Gasteiger partial charge in [-0.1, -0.05) is 0 Å². The molecule has 1 heterocycles. The first kappa shape index (κ1) is 12.8. The summed E-state index contributed by atoms with van der Waals surface area (Å²) in [6.07, 6.45) is 2.20. The highest BCUT2D eigenvalue weighted by atomic mass is 127. The van der Waals surface area contributed by atoms with Crippen molar-refractivity contribution < 1.29 is 0 Å². The summed E-state index contributed by atoms with van der Waals surface area (Å²) in [6, 6.07) is 8.36. The van der Waals surface area contributed by atoms with Crippen LogP contribution in [-0.4, -0.2) is 10.7 Å². The maximum Gasteiger partial charge on any atom is 0.178 e. The maximum absolute atomic E-state index is 5.44. The number of hydrogen-bond acceptors (Lipinski definition) is 1. The van der Waals surface area contributed by atoms with E-state index >= 15 is 0 Å². The molecule has 0 atom stereocenters. The van der Waals surface area contributed by atoms with Crippen molar-refractivity contribution in [1.29, 1.82) is 0 Å². The van der Waals surface area contributed by atoms with Crippen molar-refractivity contribution in [1.82, 2.24) is 5.32 Å². The molecule has 1 N–H and O–H groups in total. The lowest BCUT2D eigenvalue weighted by molar-refractivity contribution is 0.560. The van der Waals surface area contributed by atoms with Crippen molar-refractivity contribution in [2.75, 3.05) is 4.90 Å². The summed E-state index contributed by atoms with van der Waals surface area (Å²) in [7, 11) is 0. The minimum absolute atomic E-state index is 0.0686. The average molecular weight is 358 g/mol. The van der Waals surface area contributed by atoms with E-state index in [-0.39, 0.29) is 5.54 Å². The van der Waals surface area contributed by atoms with E-state index in [9.17, 15) is 0 Å². The van der Waals surface area contributed by atoms with Gasteiger partial charge in [-0.3, -0.25) is 4.90 Å². The summed E-state index contributed by atoms with van der Waals surface area (Å²) in [6.45, 7) is 6.33. The van der Waals surface area contributed by atoms with Crippen LogP contribution in [0.3, 0.4) is 0 Å². The molecule has 0 amide bonds. The van der Waals surface area contributed by atoms with E-state index < -0.39 is 0 Å². The van der Waals surface area contributed by atoms with Crippen LogP contribution in [-0.2, 0) is 0 Å². The molecule has 1 aromatic rings. The monoisotopic (exact) mass is 358 g/mol. The fourth-order valence-corrected chi connectivity index (χ4v) is 2.90. The lowest BCUT2D eigenvalue weighted by Crippen LogP contribution is -2.53. The third kappa shape index (κ3) is 2.80. The van der Waals surface area contributed by atoms with Gasteiger partial charge in [-0.15, -0.1) is 0 Å². The Morgan fingerprint density at radius 1 is 1.24 bits per heavy atom. The molecule has 0 unspecified atom stereocenters. The van der Waals surface area contributed by atoms with Gasteiger partial charge in [-0.05, 0) is 85.9 Å². The van der Waals surface area contributed by atoms with Gasteiger partial charge in [0.05, 0.1) is 5.54 Å². The second-order valence-corrected chi connectivity index (χ2v) is 6.38. The lowest BCUT2D eigenvalue weighted by atomic mass is 10.0. The predicted octanol–water partition coefficient (Wildman–Crippen LogP) is 3.67. The second-order valence-electron chi connectivity index (χ2n) is 4.75. The number of hydrogen-bond donors (Lipinski definition) is 1. The summed E-state index contributed by atoms with van der Waals surface area (Å²) < 4.78 is 1.23. The molecule has 1 aromatic carbocycles. The van der Waals surface area contributed by atoms with Crippen molar-refractivity contribution >= 4 is 45.6 Å². The molecule has 2 nitrogen and oxygen atoms in total. The molecule has 0 saturated carbocycles. The van der Waals surface area contributed by atoms with Crippen LogP contribution in [0.5, 0.6) is 0 Å². The normalized spacial score (nSPS) is 18.7. The van der Waals surface area contributed by atoms with E-state index in [4.69, 9.17) is 12.2 Å². The summed E-state index contributed by atoms with van der Waals surface area (Å²) in [5.74, 6) is 0. The molecule has 4 heteroatoms. The number of allylic oxidation sites excluding steroid dienone is 1. The van der Waals surface area contributed by atoms with Gasteiger partial charge in [0.1, 0.15) is 0 Å². The Balaban J connectivity index is 2.39. The molecule has 2 rings (SSSR count). The second kappa shape index (κ2) is 4.57. The van der Waals surface area contributed by atoms with Crippen LogP contribution in [0, 0.1) is 3.57 Å². The maximum atomic E-state index is 5.44. The summed E-state index contributed by atoms with van der Waals surface area (Å²) in [4.78, 5) is 2.07. The molecule has 0 fully saturated rings. The molecule has 1 aliphatic rings. The third-order valence-corrected chi connectivity index (χ3v) is 3.64. The largest absolute Gasteiger partial charge is 0.354 e. The third-order valence-electron chi connectivity index (χ3n) is 2.64. The van der Waals surface area contributed by atoms with Crippen LogP contribution in [0.4, 0.5) is 5.69 Å². The quantitative estimate of drug-likeness (QED) is 0.609. The SMILES string of the molecule is CC1=CC(C)(C)NC(=S)N1c1ccc(I)cc1. The Hall–Kier alpha value is -0.620. The van der Waals surface area contributed by atoms with Crippen molar-refractivity contribution in [2.45, 2.75) is 26.3 Å². The highest BCUT2D eigenvalue weighted by molar-refractivity contribution is 14.1. The van der Waals surface area contributed by atoms with Crippen LogP contribution >= 0.6 is 34.8 Å². The first-order valence-corrected chi connectivity index (χ1v) is 6.95. The van der Waals surface area contributed by atoms with Gasteiger partial charge < -0.3 is 5.32 Å². The van der Waals surface area contributed by atoms with Crippen LogP contribution in [0.15, 0.2) is 36.0 Å². The van der Waals surface area contributed by atoms with Gasteiger partial charge in [-0.25, -0.2) is 0 Å². The first-order chi connectivity index (χ1) is 7.89. The van der Waals surface area contributed by atoms with E-state index in [1.165, 1.54) is 9.27 Å². The van der Waals surface area contributed by atoms with Crippen LogP contribution in [0.25, 0.3) is 0 Å². The molecule has 90 valence electrons. The number of thiocarbonyl (C=S) groups is 1. The molecule has 0 spiro atoms. The Morgan fingerprint density at radius 3 is 2.35 bits per heavy atom. The first-order valence-electron chi connectivity index (χ1n) is 5.46. The average Bonchev–Trinajstić information content (AvgIpc) is 2.18. The summed E-state index contributed by atoms with van der Waals surface area (Å²) >= 11 is 7.74. The number of nitrogens with one attached hydrogen (secondary N) is 1. The molecule has 1 aliphatic heterocycles. The highest BCUT2D eigenvalue weighted by Gasteiger charge is 2.27. The number of anilines is 1. The van der Waals surface area contributed by atoms with Gasteiger partial charge in [0.2, 0.25) is 0 Å². The van der Waals surface area contributed by atoms with Gasteiger partial charge in [0, 0.05) is 15.0 Å². The minimum Gasteiger partial charge on any atom is -0.354 e. The van der Waals surface area contributed by atoms with Gasteiger partial charge in [-0.2, -0.15) is 0 Å². The highest BCUT2D eigenvalue weighted by Crippen LogP contribution is 2.26. The molecule has 0 radical (unpaired) electrons. The number of halogens is 1. The van der Waals surface area contributed by atoms with Crippen molar-refractivity contribution in [3.05, 3.63) is 39.6 Å². The fourth-order valence-electron chi connectivity index (χ4n) is 2.03. The standard InChI is InChI=1S/C13H15IN2S/c1-9-8-13(2,3)15-12(17)16(9)11-6-4-10(14)5-7-11/h4-8H,1-3H3,(H,15,17). The zero-order chi connectivity index (χ0) is 12.6. The Bertz CT molecular complexity index is 477. The van der Waals surface area contributed by atoms with Crippen LogP contribution in [0.1, 0.15) is 20.8 Å². The molecule has 0 aliphatic carbocycles. The zero-order valence-electron chi connectivity index (χ0n) is 10.1. The Labute approximate surface area is 121 Å². The van der Waals surface area contributed by atoms with E-state index in [0.29, 0.717) is 0 Å². The van der Waals surface area contributed by atoms with Crippen LogP contribution in [0.2, 0.25) is 0 Å². The van der Waals surface area contributed by atoms with Crippen molar-refractivity contribution in [2.24, 2.45) is 0 Å². The Morgan fingerprint density at radius 2 is 1.82 bits per heavy atom. The summed E-state index contributed by atoms with van der Waals surface area (Å²) in [5, 5.41) is 4.09. The lowest BCUT2D eigenvalue weighted by Gasteiger charge is -2.38. The van der Waals surface area contributed by atoms with E-state index in [1.807, 2.05) is 0 Å². The van der Waals surface area contributed by atoms with Gasteiger partial charge in [0.15, 0.2) is 5.11 Å². The minimum atomic E-state index is -0.0686. The fraction of sp³-hybridized carbons (Fsp3) is 0.308. The van der Waals surface area contributed by atoms with Gasteiger partial charge in [0.25, 0.3) is 0 Å². The predicted molar refractivity (Wildman–Crippen MR) is 85.2 cm³/mol. The van der Waals surface area contributed by atoms with Crippen LogP contribution < -0.4 is 10.2 Å². The molecular weight excluding hydrogens is 343 g/mol. The smallest absolute Gasteiger partial charge is 0.178 e. The topological polar surface area (TPSA) is 15.3 Å². The molecular formula is C13H15IN2S. The summed E-state index contributed by atoms with van der Waals surface area (Å²) in [5.41, 5.74) is 2.20. The van der Waals surface area contributed by atoms with Crippen molar-refractivity contribution in [3.63, 3.8) is 0 Å². The van der Waals surface area contributed by atoms with E-state index in [2.05, 4.69) is 83.9 Å². The molecule has 17 heavy (non-hydrogen) atoms. The number of benzene rings is 1. The van der Waals surface area contributed by atoms with E-state index in [1.54, 1.807) is 0 Å². The number of nitrogens with zero attached hydrogens (tertiary/aromatic N) is 1. The molecule has 0 bridgehead atoms. The molecule has 0 saturated heterocycles.